The molecule has 10 heteroatoms. The summed E-state index contributed by atoms with van der Waals surface area (Å²) in [5.41, 5.74) is 0.574. The molecule has 2 N–H and O–H groups in total. The third-order valence-corrected chi connectivity index (χ3v) is 6.20. The highest BCUT2D eigenvalue weighted by atomic mass is 35.5. The highest BCUT2D eigenvalue weighted by Crippen LogP contribution is 2.38. The van der Waals surface area contributed by atoms with Crippen molar-refractivity contribution in [3.8, 4) is 11.5 Å². The molecule has 25 heavy (non-hydrogen) atoms. The topological polar surface area (TPSA) is 102 Å². The molecule has 134 valence electrons. The van der Waals surface area contributed by atoms with E-state index in [0.717, 1.165) is 17.8 Å². The van der Waals surface area contributed by atoms with Gasteiger partial charge in [0.1, 0.15) is 9.77 Å². The summed E-state index contributed by atoms with van der Waals surface area (Å²) in [5, 5.41) is 10.8. The number of benzene rings is 1. The third-order valence-electron chi connectivity index (χ3n) is 3.44. The summed E-state index contributed by atoms with van der Waals surface area (Å²) in [7, 11) is -3.97. The lowest BCUT2D eigenvalue weighted by molar-refractivity contribution is 0.0698. The van der Waals surface area contributed by atoms with Gasteiger partial charge in [0, 0.05) is 13.0 Å². The van der Waals surface area contributed by atoms with Crippen LogP contribution in [0.1, 0.15) is 21.7 Å². The zero-order valence-electron chi connectivity index (χ0n) is 12.8. The number of thiophene rings is 1. The van der Waals surface area contributed by atoms with E-state index in [4.69, 9.17) is 26.2 Å². The summed E-state index contributed by atoms with van der Waals surface area (Å²) in [6.45, 7) is 0.914. The minimum absolute atomic E-state index is 0.0619. The van der Waals surface area contributed by atoms with Crippen LogP contribution < -0.4 is 14.2 Å². The van der Waals surface area contributed by atoms with Gasteiger partial charge in [0.25, 0.3) is 0 Å². The first kappa shape index (κ1) is 18.0. The van der Waals surface area contributed by atoms with Crippen LogP contribution in [-0.4, -0.2) is 32.7 Å². The first-order valence-corrected chi connectivity index (χ1v) is 10.0. The van der Waals surface area contributed by atoms with Gasteiger partial charge in [-0.25, -0.2) is 17.9 Å². The van der Waals surface area contributed by atoms with E-state index in [0.29, 0.717) is 35.3 Å². The number of hydrogen-bond acceptors (Lipinski definition) is 6. The number of hydrogen-bond donors (Lipinski definition) is 2. The van der Waals surface area contributed by atoms with Crippen LogP contribution in [0, 0.1) is 0 Å². The SMILES string of the molecule is O=C(O)c1sccc1S(=O)(=O)NCc1cc(Cl)c2c(c1)OCCCO2. The molecule has 0 aliphatic carbocycles. The van der Waals surface area contributed by atoms with Crippen molar-refractivity contribution in [3.63, 3.8) is 0 Å². The number of rotatable bonds is 5. The average molecular weight is 404 g/mol. The Bertz CT molecular complexity index is 909. The highest BCUT2D eigenvalue weighted by Gasteiger charge is 2.24. The zero-order valence-corrected chi connectivity index (χ0v) is 15.2. The predicted octanol–water partition coefficient (Wildman–Crippen LogP) is 2.74. The quantitative estimate of drug-likeness (QED) is 0.795. The number of nitrogens with one attached hydrogen (secondary N) is 1. The van der Waals surface area contributed by atoms with Gasteiger partial charge < -0.3 is 14.6 Å². The number of carboxylic acids is 1. The smallest absolute Gasteiger partial charge is 0.347 e. The minimum atomic E-state index is -3.97. The number of sulfonamides is 1. The van der Waals surface area contributed by atoms with E-state index < -0.39 is 16.0 Å². The molecule has 0 radical (unpaired) electrons. The van der Waals surface area contributed by atoms with Crippen LogP contribution in [0.2, 0.25) is 5.02 Å². The molecule has 0 atom stereocenters. The Labute approximate surface area is 153 Å². The number of halogens is 1. The molecule has 0 saturated carbocycles. The Kier molecular flexibility index (Phi) is 5.19. The van der Waals surface area contributed by atoms with E-state index >= 15 is 0 Å². The highest BCUT2D eigenvalue weighted by molar-refractivity contribution is 7.89. The summed E-state index contributed by atoms with van der Waals surface area (Å²) < 4.78 is 38.2. The Balaban J connectivity index is 1.81. The molecule has 0 unspecified atom stereocenters. The van der Waals surface area contributed by atoms with Gasteiger partial charge in [-0.15, -0.1) is 11.3 Å². The van der Waals surface area contributed by atoms with Gasteiger partial charge in [0.15, 0.2) is 11.5 Å². The lowest BCUT2D eigenvalue weighted by Gasteiger charge is -2.12. The Morgan fingerprint density at radius 2 is 2.08 bits per heavy atom. The fourth-order valence-corrected chi connectivity index (χ4v) is 4.87. The van der Waals surface area contributed by atoms with Crippen LogP contribution in [0.15, 0.2) is 28.5 Å². The Morgan fingerprint density at radius 1 is 1.32 bits per heavy atom. The van der Waals surface area contributed by atoms with Crippen molar-refractivity contribution >= 4 is 38.9 Å². The van der Waals surface area contributed by atoms with E-state index in [1.54, 1.807) is 12.1 Å². The molecule has 0 amide bonds. The lowest BCUT2D eigenvalue weighted by atomic mass is 10.2. The summed E-state index contributed by atoms with van der Waals surface area (Å²) in [5.74, 6) is -0.383. The second kappa shape index (κ2) is 7.20. The van der Waals surface area contributed by atoms with Gasteiger partial charge in [0.2, 0.25) is 10.0 Å². The van der Waals surface area contributed by atoms with E-state index in [2.05, 4.69) is 4.72 Å². The first-order valence-electron chi connectivity index (χ1n) is 7.27. The number of fused-ring (bicyclic) bond motifs is 1. The van der Waals surface area contributed by atoms with E-state index in [9.17, 15) is 13.2 Å². The minimum Gasteiger partial charge on any atom is -0.489 e. The van der Waals surface area contributed by atoms with Gasteiger partial charge in [0.05, 0.1) is 18.2 Å². The standard InChI is InChI=1S/C15H14ClNO6S2/c16-10-6-9(7-11-13(10)23-4-1-3-22-11)8-17-25(20,21)12-2-5-24-14(12)15(18)19/h2,5-7,17H,1,3-4,8H2,(H,18,19). The van der Waals surface area contributed by atoms with E-state index in [1.165, 1.54) is 11.4 Å². The molecule has 1 aromatic carbocycles. The average Bonchev–Trinajstić information content (AvgIpc) is 2.94. The van der Waals surface area contributed by atoms with Gasteiger partial charge >= 0.3 is 5.97 Å². The van der Waals surface area contributed by atoms with Crippen molar-refractivity contribution in [1.82, 2.24) is 4.72 Å². The maximum Gasteiger partial charge on any atom is 0.347 e. The number of carbonyl (C=O) groups is 1. The summed E-state index contributed by atoms with van der Waals surface area (Å²) in [4.78, 5) is 10.6. The van der Waals surface area contributed by atoms with Crippen LogP contribution >= 0.6 is 22.9 Å². The van der Waals surface area contributed by atoms with Gasteiger partial charge in [-0.05, 0) is 29.1 Å². The van der Waals surface area contributed by atoms with Crippen LogP contribution in [0.5, 0.6) is 11.5 Å². The molecule has 0 saturated heterocycles. The Morgan fingerprint density at radius 3 is 2.84 bits per heavy atom. The normalized spacial score (nSPS) is 14.1. The molecule has 2 aromatic rings. The maximum atomic E-state index is 12.4. The number of carboxylic acid groups (broad SMARTS) is 1. The zero-order chi connectivity index (χ0) is 18.0. The van der Waals surface area contributed by atoms with Crippen LogP contribution in [0.25, 0.3) is 0 Å². The molecule has 0 fully saturated rings. The molecule has 1 aromatic heterocycles. The van der Waals surface area contributed by atoms with Gasteiger partial charge in [-0.1, -0.05) is 11.6 Å². The summed E-state index contributed by atoms with van der Waals surface area (Å²) in [6, 6.07) is 4.50. The van der Waals surface area contributed by atoms with Crippen molar-refractivity contribution < 1.29 is 27.8 Å². The third kappa shape index (κ3) is 3.90. The maximum absolute atomic E-state index is 12.4. The molecule has 1 aliphatic heterocycles. The van der Waals surface area contributed by atoms with E-state index in [1.807, 2.05) is 0 Å². The number of aromatic carboxylic acids is 1. The van der Waals surface area contributed by atoms with Crippen LogP contribution in [0.4, 0.5) is 0 Å². The molecule has 2 heterocycles. The second-order valence-corrected chi connectivity index (χ2v) is 8.26. The molecular formula is C15H14ClNO6S2. The molecule has 1 aliphatic rings. The fraction of sp³-hybridized carbons (Fsp3) is 0.267. The van der Waals surface area contributed by atoms with Gasteiger partial charge in [-0.3, -0.25) is 0 Å². The fourth-order valence-electron chi connectivity index (χ4n) is 2.31. The largest absolute Gasteiger partial charge is 0.489 e. The van der Waals surface area contributed by atoms with Crippen LogP contribution in [-0.2, 0) is 16.6 Å². The van der Waals surface area contributed by atoms with Crippen molar-refractivity contribution in [2.75, 3.05) is 13.2 Å². The van der Waals surface area contributed by atoms with Crippen molar-refractivity contribution in [2.45, 2.75) is 17.9 Å². The first-order chi connectivity index (χ1) is 11.9. The molecule has 7 nitrogen and oxygen atoms in total. The monoisotopic (exact) mass is 403 g/mol. The lowest BCUT2D eigenvalue weighted by Crippen LogP contribution is -2.24. The van der Waals surface area contributed by atoms with Crippen molar-refractivity contribution in [3.05, 3.63) is 39.0 Å². The van der Waals surface area contributed by atoms with Gasteiger partial charge in [-0.2, -0.15) is 0 Å². The van der Waals surface area contributed by atoms with Crippen molar-refractivity contribution in [2.24, 2.45) is 0 Å². The number of ether oxygens (including phenoxy) is 2. The molecule has 3 rings (SSSR count). The molecule has 0 spiro atoms. The Hall–Kier alpha value is -1.81. The molecular weight excluding hydrogens is 390 g/mol. The van der Waals surface area contributed by atoms with E-state index in [-0.39, 0.29) is 16.3 Å². The second-order valence-electron chi connectivity index (χ2n) is 5.20. The summed E-state index contributed by atoms with van der Waals surface area (Å²) >= 11 is 7.03. The summed E-state index contributed by atoms with van der Waals surface area (Å²) in [6.07, 6.45) is 0.725. The van der Waals surface area contributed by atoms with Crippen molar-refractivity contribution in [1.29, 1.82) is 0 Å². The predicted molar refractivity (Wildman–Crippen MR) is 92.4 cm³/mol. The van der Waals surface area contributed by atoms with Crippen LogP contribution in [0.3, 0.4) is 0 Å². The molecule has 0 bridgehead atoms.